The van der Waals surface area contributed by atoms with Crippen molar-refractivity contribution in [2.45, 2.75) is 33.0 Å². The molecule has 0 saturated carbocycles. The number of aromatic nitrogens is 2. The normalized spacial score (nSPS) is 16.9. The van der Waals surface area contributed by atoms with Crippen molar-refractivity contribution in [3.63, 3.8) is 0 Å². The summed E-state index contributed by atoms with van der Waals surface area (Å²) in [5, 5.41) is 4.40. The molecule has 1 aromatic carbocycles. The molecule has 3 rings (SSSR count). The van der Waals surface area contributed by atoms with Gasteiger partial charge in [0.1, 0.15) is 24.7 Å². The summed E-state index contributed by atoms with van der Waals surface area (Å²) >= 11 is 0. The van der Waals surface area contributed by atoms with Crippen LogP contribution in [0.4, 0.5) is 0 Å². The van der Waals surface area contributed by atoms with Crippen molar-refractivity contribution in [1.29, 1.82) is 0 Å². The number of benzene rings is 1. The zero-order valence-corrected chi connectivity index (χ0v) is 11.8. The maximum Gasteiger partial charge on any atom is 0.130 e. The Kier molecular flexibility index (Phi) is 3.36. The Balaban J connectivity index is 1.72. The topological polar surface area (TPSA) is 62.3 Å². The molecule has 2 N–H and O–H groups in total. The highest BCUT2D eigenvalue weighted by Gasteiger charge is 2.20. The Morgan fingerprint density at radius 3 is 3.10 bits per heavy atom. The Morgan fingerprint density at radius 2 is 2.30 bits per heavy atom. The number of ether oxygens (including phenoxy) is 2. The number of hydrogen-bond donors (Lipinski definition) is 1. The maximum atomic E-state index is 5.92. The summed E-state index contributed by atoms with van der Waals surface area (Å²) in [4.78, 5) is 0. The van der Waals surface area contributed by atoms with Gasteiger partial charge in [-0.3, -0.25) is 4.68 Å². The van der Waals surface area contributed by atoms with E-state index >= 15 is 0 Å². The zero-order valence-electron chi connectivity index (χ0n) is 11.8. The Hall–Kier alpha value is -2.01. The molecule has 0 bridgehead atoms. The van der Waals surface area contributed by atoms with Crippen LogP contribution in [0.15, 0.2) is 24.3 Å². The van der Waals surface area contributed by atoms with Gasteiger partial charge in [0.2, 0.25) is 0 Å². The molecule has 1 atom stereocenters. The summed E-state index contributed by atoms with van der Waals surface area (Å²) in [6, 6.07) is 7.84. The van der Waals surface area contributed by atoms with Gasteiger partial charge in [-0.05, 0) is 32.0 Å². The summed E-state index contributed by atoms with van der Waals surface area (Å²) in [6.45, 7) is 5.94. The smallest absolute Gasteiger partial charge is 0.130 e. The summed E-state index contributed by atoms with van der Waals surface area (Å²) in [5.41, 5.74) is 9.05. The molecular formula is C15H19N3O2. The molecule has 0 saturated heterocycles. The van der Waals surface area contributed by atoms with Gasteiger partial charge in [0.05, 0.1) is 17.4 Å². The molecule has 5 nitrogen and oxygen atoms in total. The molecule has 1 aliphatic heterocycles. The lowest BCUT2D eigenvalue weighted by Crippen LogP contribution is -2.10. The van der Waals surface area contributed by atoms with Crippen LogP contribution in [-0.2, 0) is 13.2 Å². The average molecular weight is 273 g/mol. The van der Waals surface area contributed by atoms with Crippen molar-refractivity contribution < 1.29 is 9.47 Å². The van der Waals surface area contributed by atoms with Gasteiger partial charge >= 0.3 is 0 Å². The van der Waals surface area contributed by atoms with Crippen molar-refractivity contribution in [2.24, 2.45) is 5.73 Å². The van der Waals surface area contributed by atoms with Crippen LogP contribution in [-0.4, -0.2) is 16.4 Å². The molecule has 2 heterocycles. The molecular weight excluding hydrogens is 254 g/mol. The molecule has 0 fully saturated rings. The Labute approximate surface area is 118 Å². The van der Waals surface area contributed by atoms with Crippen LogP contribution in [0, 0.1) is 6.92 Å². The first-order chi connectivity index (χ1) is 9.67. The summed E-state index contributed by atoms with van der Waals surface area (Å²) in [7, 11) is 0. The third-order valence-corrected chi connectivity index (χ3v) is 3.47. The van der Waals surface area contributed by atoms with Gasteiger partial charge in [-0.1, -0.05) is 0 Å². The average Bonchev–Trinajstić information content (AvgIpc) is 2.99. The van der Waals surface area contributed by atoms with Gasteiger partial charge in [-0.2, -0.15) is 5.10 Å². The fourth-order valence-corrected chi connectivity index (χ4v) is 2.45. The van der Waals surface area contributed by atoms with Crippen molar-refractivity contribution >= 4 is 0 Å². The van der Waals surface area contributed by atoms with E-state index in [1.54, 1.807) is 0 Å². The molecule has 106 valence electrons. The molecule has 20 heavy (non-hydrogen) atoms. The van der Waals surface area contributed by atoms with E-state index in [0.717, 1.165) is 35.0 Å². The zero-order chi connectivity index (χ0) is 14.1. The molecule has 2 aromatic rings. The van der Waals surface area contributed by atoms with Crippen LogP contribution in [0.2, 0.25) is 0 Å². The largest absolute Gasteiger partial charge is 0.491 e. The number of nitrogens with zero attached hydrogens (tertiary/aromatic N) is 2. The first kappa shape index (κ1) is 13.0. The quantitative estimate of drug-likeness (QED) is 0.927. The van der Waals surface area contributed by atoms with E-state index in [1.165, 1.54) is 0 Å². The fourth-order valence-electron chi connectivity index (χ4n) is 2.45. The van der Waals surface area contributed by atoms with Crippen molar-refractivity contribution in [3.8, 4) is 11.5 Å². The van der Waals surface area contributed by atoms with E-state index < -0.39 is 0 Å². The first-order valence-electron chi connectivity index (χ1n) is 6.86. The molecule has 1 aromatic heterocycles. The number of hydrogen-bond acceptors (Lipinski definition) is 4. The highest BCUT2D eigenvalue weighted by molar-refractivity contribution is 5.44. The number of rotatable bonds is 4. The molecule has 1 aliphatic rings. The minimum Gasteiger partial charge on any atom is -0.491 e. The van der Waals surface area contributed by atoms with E-state index in [4.69, 9.17) is 15.2 Å². The van der Waals surface area contributed by atoms with Crippen LogP contribution in [0.25, 0.3) is 0 Å². The monoisotopic (exact) mass is 273 g/mol. The Morgan fingerprint density at radius 1 is 1.45 bits per heavy atom. The predicted octanol–water partition coefficient (Wildman–Crippen LogP) is 2.18. The van der Waals surface area contributed by atoms with Crippen LogP contribution < -0.4 is 15.2 Å². The highest BCUT2D eigenvalue weighted by atomic mass is 16.5. The highest BCUT2D eigenvalue weighted by Crippen LogP contribution is 2.34. The molecule has 0 aliphatic carbocycles. The first-order valence-corrected chi connectivity index (χ1v) is 6.86. The van der Waals surface area contributed by atoms with Gasteiger partial charge in [0.25, 0.3) is 0 Å². The molecule has 5 heteroatoms. The van der Waals surface area contributed by atoms with Crippen LogP contribution in [0.3, 0.4) is 0 Å². The van der Waals surface area contributed by atoms with Crippen LogP contribution >= 0.6 is 0 Å². The van der Waals surface area contributed by atoms with Crippen molar-refractivity contribution in [2.75, 3.05) is 6.61 Å². The lowest BCUT2D eigenvalue weighted by molar-refractivity contribution is 0.289. The van der Waals surface area contributed by atoms with E-state index in [1.807, 2.05) is 35.9 Å². The lowest BCUT2D eigenvalue weighted by atomic mass is 10.1. The second-order valence-electron chi connectivity index (χ2n) is 5.00. The summed E-state index contributed by atoms with van der Waals surface area (Å²) in [5.74, 6) is 1.62. The van der Waals surface area contributed by atoms with Gasteiger partial charge in [-0.25, -0.2) is 0 Å². The summed E-state index contributed by atoms with van der Waals surface area (Å²) in [6.07, 6.45) is 0. The van der Waals surface area contributed by atoms with E-state index in [9.17, 15) is 0 Å². The van der Waals surface area contributed by atoms with Gasteiger partial charge in [0, 0.05) is 18.2 Å². The van der Waals surface area contributed by atoms with Gasteiger partial charge in [0.15, 0.2) is 0 Å². The fraction of sp³-hybridized carbons (Fsp3) is 0.400. The molecule has 1 unspecified atom stereocenters. The summed E-state index contributed by atoms with van der Waals surface area (Å²) < 4.78 is 13.3. The van der Waals surface area contributed by atoms with E-state index in [2.05, 4.69) is 12.0 Å². The van der Waals surface area contributed by atoms with Crippen LogP contribution in [0.1, 0.15) is 29.9 Å². The number of nitrogens with two attached hydrogens (primary N) is 1. The Bertz CT molecular complexity index is 622. The number of fused-ring (bicyclic) bond motifs is 1. The minimum atomic E-state index is -0.0248. The van der Waals surface area contributed by atoms with Crippen molar-refractivity contribution in [3.05, 3.63) is 41.2 Å². The number of aryl methyl sites for hydroxylation is 2. The molecule has 0 radical (unpaired) electrons. The van der Waals surface area contributed by atoms with Gasteiger partial charge in [-0.15, -0.1) is 0 Å². The maximum absolute atomic E-state index is 5.92. The second-order valence-corrected chi connectivity index (χ2v) is 5.00. The second kappa shape index (κ2) is 5.17. The standard InChI is InChI=1S/C15H19N3O2/c1-3-18-11(6-10(2)17-18)8-19-12-4-5-13-14(16)9-20-15(13)7-12/h4-7,14H,3,8-9,16H2,1-2H3. The molecule has 0 amide bonds. The van der Waals surface area contributed by atoms with Gasteiger partial charge < -0.3 is 15.2 Å². The van der Waals surface area contributed by atoms with Crippen LogP contribution in [0.5, 0.6) is 11.5 Å². The van der Waals surface area contributed by atoms with E-state index in [0.29, 0.717) is 13.2 Å². The van der Waals surface area contributed by atoms with E-state index in [-0.39, 0.29) is 6.04 Å². The lowest BCUT2D eigenvalue weighted by Gasteiger charge is -2.09. The minimum absolute atomic E-state index is 0.0248. The third kappa shape index (κ3) is 2.36. The third-order valence-electron chi connectivity index (χ3n) is 3.47. The van der Waals surface area contributed by atoms with Crippen molar-refractivity contribution in [1.82, 2.24) is 9.78 Å². The molecule has 0 spiro atoms. The SMILES string of the molecule is CCn1nc(C)cc1COc1ccc2c(c1)OCC2N. The predicted molar refractivity (Wildman–Crippen MR) is 75.8 cm³/mol.